The minimum Gasteiger partial charge on any atom is -0.211 e. The van der Waals surface area contributed by atoms with E-state index < -0.39 is 15.6 Å². The molecule has 0 bridgehead atoms. The van der Waals surface area contributed by atoms with Gasteiger partial charge in [0, 0.05) is 5.54 Å². The number of nitrogens with zero attached hydrogens (tertiary/aromatic N) is 1. The molecule has 0 fully saturated rings. The molecule has 0 aromatic heterocycles. The Kier molecular flexibility index (Phi) is 3.99. The van der Waals surface area contributed by atoms with Gasteiger partial charge in [0.25, 0.3) is 0 Å². The van der Waals surface area contributed by atoms with E-state index >= 15 is 0 Å². The van der Waals surface area contributed by atoms with Crippen molar-refractivity contribution in [3.8, 4) is 0 Å². The van der Waals surface area contributed by atoms with Gasteiger partial charge in [0.1, 0.15) is 0 Å². The monoisotopic (exact) mass is 261 g/mol. The number of hydrogen-bond donors (Lipinski definition) is 0. The molecule has 16 heavy (non-hydrogen) atoms. The average molecular weight is 262 g/mol. The zero-order valence-electron chi connectivity index (χ0n) is 9.64. The van der Waals surface area contributed by atoms with E-state index in [0.29, 0.717) is 0 Å². The van der Waals surface area contributed by atoms with E-state index in [1.54, 1.807) is 45.0 Å². The number of halogens is 1. The quantitative estimate of drug-likeness (QED) is 0.785. The zero-order valence-corrected chi connectivity index (χ0v) is 11.2. The fourth-order valence-electron chi connectivity index (χ4n) is 1.26. The molecule has 0 saturated heterocycles. The third-order valence-corrected chi connectivity index (χ3v) is 4.84. The highest BCUT2D eigenvalue weighted by Crippen LogP contribution is 2.23. The largest absolute Gasteiger partial charge is 0.232 e. The first kappa shape index (κ1) is 13.5. The fraction of sp³-hybridized carbons (Fsp3) is 0.455. The van der Waals surface area contributed by atoms with Crippen LogP contribution in [0.4, 0.5) is 0 Å². The van der Waals surface area contributed by atoms with Crippen molar-refractivity contribution in [2.24, 2.45) is 0 Å². The minimum absolute atomic E-state index is 0.0748. The lowest BCUT2D eigenvalue weighted by Crippen LogP contribution is -2.39. The van der Waals surface area contributed by atoms with E-state index in [2.05, 4.69) is 0 Å². The van der Waals surface area contributed by atoms with Gasteiger partial charge in [-0.3, -0.25) is 0 Å². The van der Waals surface area contributed by atoms with Crippen LogP contribution in [0.25, 0.3) is 0 Å². The highest BCUT2D eigenvalue weighted by molar-refractivity contribution is 7.89. The van der Waals surface area contributed by atoms with E-state index in [9.17, 15) is 8.42 Å². The van der Waals surface area contributed by atoms with Crippen molar-refractivity contribution in [1.82, 2.24) is 3.82 Å². The molecule has 0 aliphatic rings. The molecule has 3 nitrogen and oxygen atoms in total. The van der Waals surface area contributed by atoms with Crippen LogP contribution < -0.4 is 0 Å². The molecular formula is C11H16ClNO2S. The number of benzene rings is 1. The Morgan fingerprint density at radius 1 is 1.19 bits per heavy atom. The van der Waals surface area contributed by atoms with Gasteiger partial charge in [0.15, 0.2) is 0 Å². The summed E-state index contributed by atoms with van der Waals surface area (Å²) in [5.74, 6) is -0.0748. The summed E-state index contributed by atoms with van der Waals surface area (Å²) in [6.07, 6.45) is 0. The summed E-state index contributed by atoms with van der Waals surface area (Å²) < 4.78 is 24.8. The van der Waals surface area contributed by atoms with Crippen molar-refractivity contribution in [2.75, 3.05) is 0 Å². The Hall–Kier alpha value is -0.580. The first-order valence-corrected chi connectivity index (χ1v) is 6.91. The molecule has 0 heterocycles. The molecule has 0 atom stereocenters. The van der Waals surface area contributed by atoms with Crippen molar-refractivity contribution in [2.45, 2.75) is 32.1 Å². The molecule has 0 amide bonds. The third-order valence-electron chi connectivity index (χ3n) is 1.96. The van der Waals surface area contributed by atoms with Crippen molar-refractivity contribution < 1.29 is 8.42 Å². The van der Waals surface area contributed by atoms with Crippen molar-refractivity contribution >= 4 is 21.8 Å². The minimum atomic E-state index is -3.47. The Morgan fingerprint density at radius 3 is 2.12 bits per heavy atom. The first-order chi connectivity index (χ1) is 7.23. The van der Waals surface area contributed by atoms with Gasteiger partial charge in [-0.2, -0.15) is 0 Å². The molecular weight excluding hydrogens is 246 g/mol. The Bertz CT molecular complexity index is 437. The normalized spacial score (nSPS) is 13.1. The van der Waals surface area contributed by atoms with E-state index in [1.165, 1.54) is 0 Å². The average Bonchev–Trinajstić information content (AvgIpc) is 2.16. The standard InChI is InChI=1S/C11H16ClNO2S/c1-11(2,3)13(12)16(14,15)9-10-7-5-4-6-8-10/h4-8H,9H2,1-3H3. The predicted molar refractivity (Wildman–Crippen MR) is 66.5 cm³/mol. The van der Waals surface area contributed by atoms with Gasteiger partial charge >= 0.3 is 0 Å². The molecule has 0 spiro atoms. The van der Waals surface area contributed by atoms with Crippen LogP contribution in [0.15, 0.2) is 30.3 Å². The number of rotatable bonds is 3. The highest BCUT2D eigenvalue weighted by atomic mass is 35.5. The molecule has 1 rings (SSSR count). The highest BCUT2D eigenvalue weighted by Gasteiger charge is 2.31. The van der Waals surface area contributed by atoms with E-state index in [-0.39, 0.29) is 5.75 Å². The summed E-state index contributed by atoms with van der Waals surface area (Å²) in [7, 11) is -3.47. The lowest BCUT2D eigenvalue weighted by molar-refractivity contribution is 0.368. The summed E-state index contributed by atoms with van der Waals surface area (Å²) in [5.41, 5.74) is 0.118. The van der Waals surface area contributed by atoms with E-state index in [4.69, 9.17) is 11.8 Å². The van der Waals surface area contributed by atoms with Crippen LogP contribution in [-0.4, -0.2) is 17.8 Å². The Morgan fingerprint density at radius 2 is 1.69 bits per heavy atom. The summed E-state index contributed by atoms with van der Waals surface area (Å²) in [4.78, 5) is 0. The van der Waals surface area contributed by atoms with Gasteiger partial charge in [-0.1, -0.05) is 30.3 Å². The fourth-order valence-corrected chi connectivity index (χ4v) is 2.97. The van der Waals surface area contributed by atoms with Gasteiger partial charge in [0.05, 0.1) is 5.75 Å². The Labute approximate surface area is 102 Å². The second-order valence-electron chi connectivity index (χ2n) is 4.63. The van der Waals surface area contributed by atoms with Crippen LogP contribution in [0.1, 0.15) is 26.3 Å². The summed E-state index contributed by atoms with van der Waals surface area (Å²) in [6.45, 7) is 5.26. The predicted octanol–water partition coefficient (Wildman–Crippen LogP) is 2.77. The van der Waals surface area contributed by atoms with Gasteiger partial charge < -0.3 is 0 Å². The van der Waals surface area contributed by atoms with Crippen LogP contribution in [0, 0.1) is 0 Å². The molecule has 1 aromatic carbocycles. The molecule has 0 radical (unpaired) electrons. The molecule has 0 aliphatic carbocycles. The topological polar surface area (TPSA) is 37.4 Å². The van der Waals surface area contributed by atoms with Gasteiger partial charge in [-0.05, 0) is 38.1 Å². The lowest BCUT2D eigenvalue weighted by Gasteiger charge is -2.27. The molecule has 5 heteroatoms. The molecule has 0 N–H and O–H groups in total. The molecule has 0 unspecified atom stereocenters. The molecule has 0 aliphatic heterocycles. The van der Waals surface area contributed by atoms with Crippen LogP contribution in [-0.2, 0) is 15.8 Å². The third kappa shape index (κ3) is 3.47. The maximum absolute atomic E-state index is 11.9. The maximum Gasteiger partial charge on any atom is 0.232 e. The van der Waals surface area contributed by atoms with Gasteiger partial charge in [0.2, 0.25) is 10.0 Å². The lowest BCUT2D eigenvalue weighted by atomic mass is 10.1. The zero-order chi connectivity index (χ0) is 12.4. The van der Waals surface area contributed by atoms with Gasteiger partial charge in [-0.15, -0.1) is 3.82 Å². The summed E-state index contributed by atoms with van der Waals surface area (Å²) in [5, 5.41) is 0. The maximum atomic E-state index is 11.9. The van der Waals surface area contributed by atoms with E-state index in [1.807, 2.05) is 6.07 Å². The number of sulfonamides is 1. The second kappa shape index (κ2) is 4.73. The van der Waals surface area contributed by atoms with Crippen LogP contribution in [0.5, 0.6) is 0 Å². The molecule has 0 saturated carbocycles. The second-order valence-corrected chi connectivity index (χ2v) is 6.98. The molecule has 1 aromatic rings. The SMILES string of the molecule is CC(C)(C)N(Cl)S(=O)(=O)Cc1ccccc1. The van der Waals surface area contributed by atoms with Crippen LogP contribution >= 0.6 is 11.8 Å². The molecule has 90 valence electrons. The van der Waals surface area contributed by atoms with Gasteiger partial charge in [-0.25, -0.2) is 8.42 Å². The van der Waals surface area contributed by atoms with Crippen molar-refractivity contribution in [1.29, 1.82) is 0 Å². The van der Waals surface area contributed by atoms with Crippen LogP contribution in [0.3, 0.4) is 0 Å². The number of hydrogen-bond acceptors (Lipinski definition) is 2. The van der Waals surface area contributed by atoms with Crippen molar-refractivity contribution in [3.05, 3.63) is 35.9 Å². The summed E-state index contributed by atoms with van der Waals surface area (Å²) in [6, 6.07) is 9.00. The smallest absolute Gasteiger partial charge is 0.211 e. The summed E-state index contributed by atoms with van der Waals surface area (Å²) >= 11 is 5.84. The first-order valence-electron chi connectivity index (χ1n) is 4.96. The van der Waals surface area contributed by atoms with Crippen LogP contribution in [0.2, 0.25) is 0 Å². The Balaban J connectivity index is 2.89. The van der Waals surface area contributed by atoms with Crippen molar-refractivity contribution in [3.63, 3.8) is 0 Å². The van der Waals surface area contributed by atoms with E-state index in [0.717, 1.165) is 9.39 Å².